The third kappa shape index (κ3) is 6.91. The molecule has 0 aliphatic carbocycles. The fourth-order valence-corrected chi connectivity index (χ4v) is 1.49. The first-order valence-corrected chi connectivity index (χ1v) is 6.40. The average Bonchev–Trinajstić information content (AvgIpc) is 2.38. The van der Waals surface area contributed by atoms with E-state index in [-0.39, 0.29) is 0 Å². The smallest absolute Gasteiger partial charge is 0.257 e. The van der Waals surface area contributed by atoms with Gasteiger partial charge in [0.15, 0.2) is 5.96 Å². The molecule has 106 valence electrons. The summed E-state index contributed by atoms with van der Waals surface area (Å²) >= 11 is 5.68. The third-order valence-corrected chi connectivity index (χ3v) is 2.45. The summed E-state index contributed by atoms with van der Waals surface area (Å²) in [5, 5.41) is 6.33. The highest BCUT2D eigenvalue weighted by Crippen LogP contribution is 2.05. The van der Waals surface area contributed by atoms with Gasteiger partial charge in [0.05, 0.1) is 0 Å². The number of nitrogens with zero attached hydrogens (tertiary/aromatic N) is 2. The van der Waals surface area contributed by atoms with E-state index in [0.29, 0.717) is 30.6 Å². The predicted molar refractivity (Wildman–Crippen MR) is 72.9 cm³/mol. The fourth-order valence-electron chi connectivity index (χ4n) is 1.38. The van der Waals surface area contributed by atoms with E-state index < -0.39 is 13.0 Å². The Morgan fingerprint density at radius 2 is 2.21 bits per heavy atom. The van der Waals surface area contributed by atoms with Gasteiger partial charge in [0.25, 0.3) is 6.43 Å². The number of aromatic nitrogens is 1. The second-order valence-electron chi connectivity index (χ2n) is 3.78. The lowest BCUT2D eigenvalue weighted by Crippen LogP contribution is -2.38. The lowest BCUT2D eigenvalue weighted by atomic mass is 10.2. The Labute approximate surface area is 116 Å². The molecule has 0 aliphatic rings. The molecule has 0 amide bonds. The maximum Gasteiger partial charge on any atom is 0.257 e. The lowest BCUT2D eigenvalue weighted by Gasteiger charge is -2.11. The van der Waals surface area contributed by atoms with Crippen molar-refractivity contribution in [1.29, 1.82) is 0 Å². The van der Waals surface area contributed by atoms with Gasteiger partial charge < -0.3 is 10.6 Å². The van der Waals surface area contributed by atoms with Gasteiger partial charge in [-0.3, -0.25) is 0 Å². The summed E-state index contributed by atoms with van der Waals surface area (Å²) in [7, 11) is 0. The van der Waals surface area contributed by atoms with E-state index in [0.717, 1.165) is 5.56 Å². The van der Waals surface area contributed by atoms with Gasteiger partial charge in [0.1, 0.15) is 11.7 Å². The van der Waals surface area contributed by atoms with E-state index in [1.165, 1.54) is 0 Å². The van der Waals surface area contributed by atoms with Crippen LogP contribution in [0.15, 0.2) is 23.3 Å². The van der Waals surface area contributed by atoms with E-state index in [9.17, 15) is 8.78 Å². The molecule has 7 heteroatoms. The Balaban J connectivity index is 2.39. The van der Waals surface area contributed by atoms with Gasteiger partial charge in [0, 0.05) is 19.3 Å². The number of nitrogens with one attached hydrogen (secondary N) is 2. The molecule has 0 radical (unpaired) electrons. The Bertz CT molecular complexity index is 395. The zero-order valence-corrected chi connectivity index (χ0v) is 11.4. The summed E-state index contributed by atoms with van der Waals surface area (Å²) in [6, 6.07) is 3.59. The minimum atomic E-state index is -2.43. The van der Waals surface area contributed by atoms with Crippen LogP contribution in [0.2, 0.25) is 5.15 Å². The van der Waals surface area contributed by atoms with Crippen LogP contribution in [0.1, 0.15) is 12.5 Å². The Hall–Kier alpha value is -1.43. The first-order valence-electron chi connectivity index (χ1n) is 6.02. The van der Waals surface area contributed by atoms with Gasteiger partial charge in [-0.05, 0) is 25.0 Å². The molecule has 0 atom stereocenters. The van der Waals surface area contributed by atoms with Crippen molar-refractivity contribution in [3.63, 3.8) is 0 Å². The molecule has 1 heterocycles. The van der Waals surface area contributed by atoms with E-state index in [1.807, 2.05) is 13.0 Å². The van der Waals surface area contributed by atoms with E-state index in [2.05, 4.69) is 20.6 Å². The third-order valence-electron chi connectivity index (χ3n) is 2.23. The monoisotopic (exact) mass is 290 g/mol. The van der Waals surface area contributed by atoms with Gasteiger partial charge in [-0.2, -0.15) is 0 Å². The largest absolute Gasteiger partial charge is 0.357 e. The molecule has 0 aromatic carbocycles. The molecule has 0 saturated heterocycles. The van der Waals surface area contributed by atoms with Gasteiger partial charge in [0.2, 0.25) is 0 Å². The number of alkyl halides is 2. The molecule has 19 heavy (non-hydrogen) atoms. The summed E-state index contributed by atoms with van der Waals surface area (Å²) in [4.78, 5) is 7.73. The summed E-state index contributed by atoms with van der Waals surface area (Å²) in [6.45, 7) is 2.58. The van der Waals surface area contributed by atoms with Crippen LogP contribution in [0.3, 0.4) is 0 Å². The van der Waals surface area contributed by atoms with Crippen molar-refractivity contribution in [2.24, 2.45) is 4.99 Å². The average molecular weight is 291 g/mol. The highest BCUT2D eigenvalue weighted by molar-refractivity contribution is 6.29. The van der Waals surface area contributed by atoms with Crippen molar-refractivity contribution in [2.45, 2.75) is 19.8 Å². The van der Waals surface area contributed by atoms with E-state index >= 15 is 0 Å². The Morgan fingerprint density at radius 1 is 1.42 bits per heavy atom. The van der Waals surface area contributed by atoms with Gasteiger partial charge >= 0.3 is 0 Å². The summed E-state index contributed by atoms with van der Waals surface area (Å²) in [5.74, 6) is 0.393. The SMILES string of the molecule is CCNC(=NCC(F)F)NCCc1ccc(Cl)nc1. The standard InChI is InChI=1S/C12H17ClF2N4/c1-2-16-12(19-8-11(14)15)17-6-5-9-3-4-10(13)18-7-9/h3-4,7,11H,2,5-6,8H2,1H3,(H2,16,17,19). The molecule has 2 N–H and O–H groups in total. The molecule has 0 spiro atoms. The second kappa shape index (κ2) is 8.63. The molecular formula is C12H17ClF2N4. The van der Waals surface area contributed by atoms with Gasteiger partial charge in [-0.25, -0.2) is 18.8 Å². The minimum absolute atomic E-state index is 0.393. The van der Waals surface area contributed by atoms with Crippen LogP contribution in [-0.2, 0) is 6.42 Å². The van der Waals surface area contributed by atoms with Crippen LogP contribution in [0, 0.1) is 0 Å². The van der Waals surface area contributed by atoms with Crippen LogP contribution < -0.4 is 10.6 Å². The second-order valence-corrected chi connectivity index (χ2v) is 4.16. The number of hydrogen-bond donors (Lipinski definition) is 2. The predicted octanol–water partition coefficient (Wildman–Crippen LogP) is 2.10. The molecule has 1 aromatic heterocycles. The minimum Gasteiger partial charge on any atom is -0.357 e. The normalized spacial score (nSPS) is 11.7. The maximum atomic E-state index is 12.1. The summed E-state index contributed by atoms with van der Waals surface area (Å²) in [5.41, 5.74) is 1.02. The lowest BCUT2D eigenvalue weighted by molar-refractivity contribution is 0.158. The Kier molecular flexibility index (Phi) is 7.10. The molecule has 1 rings (SSSR count). The van der Waals surface area contributed by atoms with Crippen molar-refractivity contribution < 1.29 is 8.78 Å². The highest BCUT2D eigenvalue weighted by atomic mass is 35.5. The van der Waals surface area contributed by atoms with Crippen molar-refractivity contribution in [3.8, 4) is 0 Å². The molecular weight excluding hydrogens is 274 g/mol. The van der Waals surface area contributed by atoms with E-state index in [4.69, 9.17) is 11.6 Å². The van der Waals surface area contributed by atoms with Gasteiger partial charge in [-0.1, -0.05) is 17.7 Å². The number of pyridine rings is 1. The van der Waals surface area contributed by atoms with Crippen LogP contribution in [-0.4, -0.2) is 37.0 Å². The van der Waals surface area contributed by atoms with Crippen molar-refractivity contribution in [1.82, 2.24) is 15.6 Å². The fraction of sp³-hybridized carbons (Fsp3) is 0.500. The molecule has 4 nitrogen and oxygen atoms in total. The number of rotatable bonds is 6. The number of halogens is 3. The topological polar surface area (TPSA) is 49.3 Å². The summed E-state index contributed by atoms with van der Waals surface area (Å²) in [6.07, 6.45) is -0.0350. The van der Waals surface area contributed by atoms with Crippen molar-refractivity contribution >= 4 is 17.6 Å². The zero-order valence-electron chi connectivity index (χ0n) is 10.7. The van der Waals surface area contributed by atoms with Crippen molar-refractivity contribution in [2.75, 3.05) is 19.6 Å². The zero-order chi connectivity index (χ0) is 14.1. The molecule has 0 bridgehead atoms. The number of guanidine groups is 1. The molecule has 0 saturated carbocycles. The summed E-state index contributed by atoms with van der Waals surface area (Å²) < 4.78 is 24.2. The van der Waals surface area contributed by atoms with Crippen LogP contribution in [0.5, 0.6) is 0 Å². The number of aliphatic imine (C=N–C) groups is 1. The van der Waals surface area contributed by atoms with Crippen molar-refractivity contribution in [3.05, 3.63) is 29.0 Å². The maximum absolute atomic E-state index is 12.1. The highest BCUT2D eigenvalue weighted by Gasteiger charge is 2.02. The molecule has 0 fully saturated rings. The van der Waals surface area contributed by atoms with Crippen LogP contribution in [0.4, 0.5) is 8.78 Å². The van der Waals surface area contributed by atoms with Crippen LogP contribution >= 0.6 is 11.6 Å². The van der Waals surface area contributed by atoms with Crippen LogP contribution in [0.25, 0.3) is 0 Å². The first-order chi connectivity index (χ1) is 9.11. The first kappa shape index (κ1) is 15.6. The quantitative estimate of drug-likeness (QED) is 0.479. The molecule has 0 aliphatic heterocycles. The molecule has 1 aromatic rings. The van der Waals surface area contributed by atoms with E-state index in [1.54, 1.807) is 12.3 Å². The Morgan fingerprint density at radius 3 is 2.79 bits per heavy atom. The molecule has 0 unspecified atom stereocenters. The van der Waals surface area contributed by atoms with Gasteiger partial charge in [-0.15, -0.1) is 0 Å². The number of hydrogen-bond acceptors (Lipinski definition) is 2.